The van der Waals surface area contributed by atoms with Gasteiger partial charge in [-0.1, -0.05) is 34.1 Å². The summed E-state index contributed by atoms with van der Waals surface area (Å²) in [6.45, 7) is 5.07. The predicted molar refractivity (Wildman–Crippen MR) is 66.9 cm³/mol. The van der Waals surface area contributed by atoms with Gasteiger partial charge in [0, 0.05) is 10.7 Å². The fraction of sp³-hybridized carbons (Fsp3) is 0.538. The second kappa shape index (κ2) is 4.17. The smallest absolute Gasteiger partial charge is 0.125 e. The summed E-state index contributed by atoms with van der Waals surface area (Å²) < 4.78 is 5.96. The molecule has 82 valence electrons. The zero-order valence-electron chi connectivity index (χ0n) is 9.35. The molecule has 1 aromatic rings. The Labute approximate surface area is 100.0 Å². The zero-order chi connectivity index (χ0) is 10.9. The fourth-order valence-corrected chi connectivity index (χ4v) is 2.47. The monoisotopic (exact) mass is 268 g/mol. The molecule has 1 saturated carbocycles. The van der Waals surface area contributed by atoms with Crippen LogP contribution in [0.1, 0.15) is 24.0 Å². The molecule has 2 rings (SSSR count). The van der Waals surface area contributed by atoms with Crippen molar-refractivity contribution in [2.75, 3.05) is 11.9 Å². The SMILES string of the molecule is Cc1cccc(C)c1OCC1(CBr)CC1. The molecule has 15 heavy (non-hydrogen) atoms. The molecule has 2 heteroatoms. The van der Waals surface area contributed by atoms with Gasteiger partial charge in [-0.15, -0.1) is 0 Å². The Morgan fingerprint density at radius 3 is 2.33 bits per heavy atom. The summed E-state index contributed by atoms with van der Waals surface area (Å²) in [5, 5.41) is 1.06. The van der Waals surface area contributed by atoms with Gasteiger partial charge in [0.25, 0.3) is 0 Å². The van der Waals surface area contributed by atoms with Gasteiger partial charge < -0.3 is 4.74 Å². The molecule has 1 aliphatic carbocycles. The lowest BCUT2D eigenvalue weighted by Crippen LogP contribution is -2.15. The molecule has 0 N–H and O–H groups in total. The Morgan fingerprint density at radius 1 is 1.27 bits per heavy atom. The van der Waals surface area contributed by atoms with E-state index in [0.717, 1.165) is 17.7 Å². The summed E-state index contributed by atoms with van der Waals surface area (Å²) in [5.41, 5.74) is 2.90. The second-order valence-electron chi connectivity index (χ2n) is 4.64. The van der Waals surface area contributed by atoms with Crippen LogP contribution in [-0.2, 0) is 0 Å². The van der Waals surface area contributed by atoms with Crippen molar-refractivity contribution in [3.05, 3.63) is 29.3 Å². The van der Waals surface area contributed by atoms with Gasteiger partial charge in [-0.2, -0.15) is 0 Å². The number of benzene rings is 1. The van der Waals surface area contributed by atoms with Gasteiger partial charge in [-0.25, -0.2) is 0 Å². The van der Waals surface area contributed by atoms with Crippen LogP contribution in [0.4, 0.5) is 0 Å². The molecule has 0 radical (unpaired) electrons. The number of ether oxygens (including phenoxy) is 1. The van der Waals surface area contributed by atoms with E-state index in [0.29, 0.717) is 5.41 Å². The van der Waals surface area contributed by atoms with Gasteiger partial charge in [0.15, 0.2) is 0 Å². The number of alkyl halides is 1. The number of halogens is 1. The molecule has 1 nitrogen and oxygen atoms in total. The topological polar surface area (TPSA) is 9.23 Å². The normalized spacial score (nSPS) is 17.5. The average Bonchev–Trinajstić information content (AvgIpc) is 2.98. The molecule has 0 atom stereocenters. The molecular formula is C13H17BrO. The molecule has 0 aromatic heterocycles. The van der Waals surface area contributed by atoms with E-state index >= 15 is 0 Å². The van der Waals surface area contributed by atoms with Gasteiger partial charge in [0.05, 0.1) is 6.61 Å². The third-order valence-corrected chi connectivity index (χ3v) is 4.36. The molecule has 0 bridgehead atoms. The van der Waals surface area contributed by atoms with Crippen LogP contribution >= 0.6 is 15.9 Å². The largest absolute Gasteiger partial charge is 0.492 e. The van der Waals surface area contributed by atoms with E-state index < -0.39 is 0 Å². The fourth-order valence-electron chi connectivity index (χ4n) is 1.75. The van der Waals surface area contributed by atoms with Crippen molar-refractivity contribution in [2.24, 2.45) is 5.41 Å². The van der Waals surface area contributed by atoms with E-state index in [9.17, 15) is 0 Å². The molecular weight excluding hydrogens is 252 g/mol. The molecule has 0 saturated heterocycles. The maximum Gasteiger partial charge on any atom is 0.125 e. The highest BCUT2D eigenvalue weighted by Gasteiger charge is 2.42. The van der Waals surface area contributed by atoms with Crippen LogP contribution in [0, 0.1) is 19.3 Å². The maximum atomic E-state index is 5.96. The van der Waals surface area contributed by atoms with Crippen molar-refractivity contribution >= 4 is 15.9 Å². The molecule has 0 heterocycles. The van der Waals surface area contributed by atoms with E-state index in [2.05, 4.69) is 48.0 Å². The lowest BCUT2D eigenvalue weighted by molar-refractivity contribution is 0.248. The van der Waals surface area contributed by atoms with Crippen molar-refractivity contribution in [3.8, 4) is 5.75 Å². The van der Waals surface area contributed by atoms with Crippen LogP contribution < -0.4 is 4.74 Å². The highest BCUT2D eigenvalue weighted by molar-refractivity contribution is 9.09. The van der Waals surface area contributed by atoms with E-state index in [1.807, 2.05) is 0 Å². The predicted octanol–water partition coefficient (Wildman–Crippen LogP) is 3.86. The van der Waals surface area contributed by atoms with Crippen molar-refractivity contribution in [3.63, 3.8) is 0 Å². The Balaban J connectivity index is 2.05. The Kier molecular flexibility index (Phi) is 3.06. The molecule has 1 fully saturated rings. The van der Waals surface area contributed by atoms with Crippen molar-refractivity contribution in [1.29, 1.82) is 0 Å². The van der Waals surface area contributed by atoms with E-state index in [1.54, 1.807) is 0 Å². The number of aryl methyl sites for hydroxylation is 2. The first-order valence-electron chi connectivity index (χ1n) is 5.42. The standard InChI is InChI=1S/C13H17BrO/c1-10-4-3-5-11(2)12(10)15-9-13(8-14)6-7-13/h3-5H,6-9H2,1-2H3. The van der Waals surface area contributed by atoms with Crippen LogP contribution in [0.5, 0.6) is 5.75 Å². The van der Waals surface area contributed by atoms with Crippen LogP contribution in [0.2, 0.25) is 0 Å². The summed E-state index contributed by atoms with van der Waals surface area (Å²) >= 11 is 3.56. The minimum absolute atomic E-state index is 0.425. The Bertz CT molecular complexity index is 335. The molecule has 1 aliphatic rings. The summed E-state index contributed by atoms with van der Waals surface area (Å²) in [5.74, 6) is 1.07. The maximum absolute atomic E-state index is 5.96. The van der Waals surface area contributed by atoms with Crippen molar-refractivity contribution in [2.45, 2.75) is 26.7 Å². The van der Waals surface area contributed by atoms with Crippen molar-refractivity contribution < 1.29 is 4.74 Å². The minimum atomic E-state index is 0.425. The van der Waals surface area contributed by atoms with Gasteiger partial charge in [0.2, 0.25) is 0 Å². The van der Waals surface area contributed by atoms with Gasteiger partial charge >= 0.3 is 0 Å². The van der Waals surface area contributed by atoms with Crippen LogP contribution in [0.3, 0.4) is 0 Å². The first-order valence-corrected chi connectivity index (χ1v) is 6.54. The summed E-state index contributed by atoms with van der Waals surface area (Å²) in [6, 6.07) is 6.29. The Hall–Kier alpha value is -0.500. The highest BCUT2D eigenvalue weighted by Crippen LogP contribution is 2.47. The summed E-state index contributed by atoms with van der Waals surface area (Å²) in [4.78, 5) is 0. The van der Waals surface area contributed by atoms with Crippen molar-refractivity contribution in [1.82, 2.24) is 0 Å². The van der Waals surface area contributed by atoms with E-state index in [-0.39, 0.29) is 0 Å². The zero-order valence-corrected chi connectivity index (χ0v) is 10.9. The molecule has 1 aromatic carbocycles. The minimum Gasteiger partial charge on any atom is -0.492 e. The summed E-state index contributed by atoms with van der Waals surface area (Å²) in [7, 11) is 0. The molecule has 0 amide bonds. The number of rotatable bonds is 4. The van der Waals surface area contributed by atoms with Gasteiger partial charge in [-0.3, -0.25) is 0 Å². The van der Waals surface area contributed by atoms with Crippen LogP contribution in [-0.4, -0.2) is 11.9 Å². The first-order chi connectivity index (χ1) is 7.17. The number of para-hydroxylation sites is 1. The second-order valence-corrected chi connectivity index (χ2v) is 5.20. The third kappa shape index (κ3) is 2.36. The van der Waals surface area contributed by atoms with Gasteiger partial charge in [0.1, 0.15) is 5.75 Å². The van der Waals surface area contributed by atoms with Crippen LogP contribution in [0.25, 0.3) is 0 Å². The molecule has 0 unspecified atom stereocenters. The third-order valence-electron chi connectivity index (χ3n) is 3.17. The van der Waals surface area contributed by atoms with Gasteiger partial charge in [-0.05, 0) is 37.8 Å². The Morgan fingerprint density at radius 2 is 1.87 bits per heavy atom. The lowest BCUT2D eigenvalue weighted by Gasteiger charge is -2.16. The van der Waals surface area contributed by atoms with E-state index in [4.69, 9.17) is 4.74 Å². The molecule has 0 aliphatic heterocycles. The van der Waals surface area contributed by atoms with E-state index in [1.165, 1.54) is 24.0 Å². The average molecular weight is 269 g/mol. The quantitative estimate of drug-likeness (QED) is 0.754. The molecule has 0 spiro atoms. The highest BCUT2D eigenvalue weighted by atomic mass is 79.9. The first kappa shape index (κ1) is 11.0. The van der Waals surface area contributed by atoms with Crippen LogP contribution in [0.15, 0.2) is 18.2 Å². The summed E-state index contributed by atoms with van der Waals surface area (Å²) in [6.07, 6.45) is 2.59. The number of hydrogen-bond acceptors (Lipinski definition) is 1. The lowest BCUT2D eigenvalue weighted by atomic mass is 10.1. The number of hydrogen-bond donors (Lipinski definition) is 0.